The first kappa shape index (κ1) is 28.1. The third-order valence-electron chi connectivity index (χ3n) is 8.76. The third kappa shape index (κ3) is 8.31. The molecule has 0 aromatic carbocycles. The molecule has 2 heterocycles. The van der Waals surface area contributed by atoms with Crippen LogP contribution < -0.4 is 0 Å². The summed E-state index contributed by atoms with van der Waals surface area (Å²) in [5.41, 5.74) is 0. The van der Waals surface area contributed by atoms with Gasteiger partial charge < -0.3 is 18.6 Å². The Morgan fingerprint density at radius 3 is 2.26 bits per heavy atom. The van der Waals surface area contributed by atoms with E-state index in [4.69, 9.17) is 18.6 Å². The van der Waals surface area contributed by atoms with E-state index in [1.165, 1.54) is 51.4 Å². The van der Waals surface area contributed by atoms with E-state index in [0.717, 1.165) is 51.7 Å². The molecule has 0 N–H and O–H groups in total. The first-order valence-electron chi connectivity index (χ1n) is 14.3. The Bertz CT molecular complexity index is 610. The number of unbranched alkanes of at least 4 members (excludes halogenated alkanes) is 7. The average Bonchev–Trinajstić information content (AvgIpc) is 3.28. The number of esters is 1. The molecule has 34 heavy (non-hydrogen) atoms. The lowest BCUT2D eigenvalue weighted by atomic mass is 9.87. The van der Waals surface area contributed by atoms with Gasteiger partial charge in [0.15, 0.2) is 14.6 Å². The highest BCUT2D eigenvalue weighted by Gasteiger charge is 2.50. The van der Waals surface area contributed by atoms with Gasteiger partial charge in [0.05, 0.1) is 12.0 Å². The van der Waals surface area contributed by atoms with Gasteiger partial charge in [-0.05, 0) is 56.7 Å². The average molecular weight is 497 g/mol. The Labute approximate surface area is 210 Å². The van der Waals surface area contributed by atoms with Crippen LogP contribution in [0.2, 0.25) is 18.1 Å². The highest BCUT2D eigenvalue weighted by Crippen LogP contribution is 2.44. The molecule has 6 heteroatoms. The molecule has 3 aliphatic rings. The molecule has 198 valence electrons. The Morgan fingerprint density at radius 2 is 1.62 bits per heavy atom. The Hall–Kier alpha value is -0.433. The van der Waals surface area contributed by atoms with Gasteiger partial charge in [-0.1, -0.05) is 65.7 Å². The molecule has 0 radical (unpaired) electrons. The molecule has 5 atom stereocenters. The minimum absolute atomic E-state index is 0.0438. The molecule has 0 amide bonds. The Balaban J connectivity index is 1.19. The summed E-state index contributed by atoms with van der Waals surface area (Å²) in [6.45, 7) is 13.3. The molecular formula is C28H52O5Si. The fourth-order valence-corrected chi connectivity index (χ4v) is 6.59. The molecule has 2 saturated heterocycles. The van der Waals surface area contributed by atoms with Crippen molar-refractivity contribution in [1.82, 2.24) is 0 Å². The zero-order valence-electron chi connectivity index (χ0n) is 22.7. The van der Waals surface area contributed by atoms with Crippen molar-refractivity contribution >= 4 is 14.3 Å². The molecule has 3 rings (SSSR count). The normalized spacial score (nSPS) is 29.9. The van der Waals surface area contributed by atoms with E-state index in [2.05, 4.69) is 33.9 Å². The second kappa shape index (κ2) is 13.2. The topological polar surface area (TPSA) is 54.0 Å². The van der Waals surface area contributed by atoms with E-state index in [9.17, 15) is 4.79 Å². The van der Waals surface area contributed by atoms with Gasteiger partial charge in [0.2, 0.25) is 0 Å². The maximum absolute atomic E-state index is 12.4. The van der Waals surface area contributed by atoms with Crippen LogP contribution in [-0.4, -0.2) is 46.0 Å². The van der Waals surface area contributed by atoms with Crippen LogP contribution in [-0.2, 0) is 23.4 Å². The van der Waals surface area contributed by atoms with E-state index in [1.807, 2.05) is 0 Å². The molecule has 0 bridgehead atoms. The largest absolute Gasteiger partial charge is 0.462 e. The molecule has 0 aromatic heterocycles. The predicted octanol–water partition coefficient (Wildman–Crippen LogP) is 7.38. The predicted molar refractivity (Wildman–Crippen MR) is 139 cm³/mol. The minimum Gasteiger partial charge on any atom is -0.462 e. The van der Waals surface area contributed by atoms with E-state index < -0.39 is 8.32 Å². The molecule has 2 aliphatic heterocycles. The highest BCUT2D eigenvalue weighted by molar-refractivity contribution is 6.74. The van der Waals surface area contributed by atoms with Gasteiger partial charge in [0, 0.05) is 25.6 Å². The van der Waals surface area contributed by atoms with Crippen LogP contribution >= 0.6 is 0 Å². The number of hydrogen-bond donors (Lipinski definition) is 0. The second-order valence-electron chi connectivity index (χ2n) is 12.5. The molecule has 1 aliphatic carbocycles. The van der Waals surface area contributed by atoms with Gasteiger partial charge in [-0.15, -0.1) is 0 Å². The van der Waals surface area contributed by atoms with Crippen LogP contribution in [0.1, 0.15) is 111 Å². The minimum atomic E-state index is -1.58. The van der Waals surface area contributed by atoms with Crippen LogP contribution in [0.4, 0.5) is 0 Å². The lowest BCUT2D eigenvalue weighted by Crippen LogP contribution is -2.40. The van der Waals surface area contributed by atoms with Crippen molar-refractivity contribution in [3.63, 3.8) is 0 Å². The summed E-state index contributed by atoms with van der Waals surface area (Å²) >= 11 is 0. The Kier molecular flexibility index (Phi) is 10.9. The van der Waals surface area contributed by atoms with Gasteiger partial charge >= 0.3 is 5.97 Å². The summed E-state index contributed by atoms with van der Waals surface area (Å²) in [4.78, 5) is 12.4. The van der Waals surface area contributed by atoms with Gasteiger partial charge in [-0.25, -0.2) is 0 Å². The SMILES string of the molecule is CC(C)(C)[Si](C)(C)OCCCCCCCCCCC1C(=O)OC2CC(OC3CCCCO3)CC21. The van der Waals surface area contributed by atoms with Crippen LogP contribution in [0.3, 0.4) is 0 Å². The fourth-order valence-electron chi connectivity index (χ4n) is 5.50. The standard InChI is InChI=1S/C28H52O5Si/c1-28(2,3)34(4,5)31-19-14-11-9-7-6-8-10-12-16-23-24-20-22(21-25(24)33-27(23)29)32-26-17-13-15-18-30-26/h22-26H,6-21H2,1-5H3. The number of hydrogen-bond acceptors (Lipinski definition) is 5. The van der Waals surface area contributed by atoms with Crippen molar-refractivity contribution in [2.75, 3.05) is 13.2 Å². The van der Waals surface area contributed by atoms with E-state index in [0.29, 0.717) is 11.0 Å². The number of ether oxygens (including phenoxy) is 3. The summed E-state index contributed by atoms with van der Waals surface area (Å²) in [5, 5.41) is 0.306. The lowest BCUT2D eigenvalue weighted by molar-refractivity contribution is -0.189. The van der Waals surface area contributed by atoms with E-state index in [-0.39, 0.29) is 30.4 Å². The summed E-state index contributed by atoms with van der Waals surface area (Å²) in [6, 6.07) is 0. The quantitative estimate of drug-likeness (QED) is 0.143. The maximum Gasteiger partial charge on any atom is 0.309 e. The molecule has 0 aromatic rings. The van der Waals surface area contributed by atoms with Crippen molar-refractivity contribution in [1.29, 1.82) is 0 Å². The van der Waals surface area contributed by atoms with Gasteiger partial charge in [0.25, 0.3) is 0 Å². The maximum atomic E-state index is 12.4. The third-order valence-corrected chi connectivity index (χ3v) is 13.3. The lowest BCUT2D eigenvalue weighted by Gasteiger charge is -2.36. The summed E-state index contributed by atoms with van der Waals surface area (Å²) in [6.07, 6.45) is 16.4. The van der Waals surface area contributed by atoms with Crippen LogP contribution in [0.25, 0.3) is 0 Å². The van der Waals surface area contributed by atoms with Crippen molar-refractivity contribution in [3.8, 4) is 0 Å². The van der Waals surface area contributed by atoms with E-state index in [1.54, 1.807) is 0 Å². The first-order valence-corrected chi connectivity index (χ1v) is 17.2. The molecule has 3 fully saturated rings. The monoisotopic (exact) mass is 496 g/mol. The molecule has 1 saturated carbocycles. The van der Waals surface area contributed by atoms with Gasteiger partial charge in [0.1, 0.15) is 6.10 Å². The van der Waals surface area contributed by atoms with E-state index >= 15 is 0 Å². The highest BCUT2D eigenvalue weighted by atomic mass is 28.4. The fraction of sp³-hybridized carbons (Fsp3) is 0.964. The second-order valence-corrected chi connectivity index (χ2v) is 17.3. The number of rotatable bonds is 14. The first-order chi connectivity index (χ1) is 16.2. The molecule has 5 unspecified atom stereocenters. The van der Waals surface area contributed by atoms with Crippen molar-refractivity contribution in [3.05, 3.63) is 0 Å². The van der Waals surface area contributed by atoms with Crippen LogP contribution in [0, 0.1) is 11.8 Å². The zero-order chi connectivity index (χ0) is 24.6. The van der Waals surface area contributed by atoms with Gasteiger partial charge in [-0.2, -0.15) is 0 Å². The summed E-state index contributed by atoms with van der Waals surface area (Å²) in [5.74, 6) is 0.490. The number of fused-ring (bicyclic) bond motifs is 1. The van der Waals surface area contributed by atoms with Gasteiger partial charge in [-0.3, -0.25) is 4.79 Å². The Morgan fingerprint density at radius 1 is 0.941 bits per heavy atom. The molecule has 0 spiro atoms. The van der Waals surface area contributed by atoms with Crippen LogP contribution in [0.5, 0.6) is 0 Å². The summed E-state index contributed by atoms with van der Waals surface area (Å²) < 4.78 is 23.9. The van der Waals surface area contributed by atoms with Crippen molar-refractivity contribution < 1.29 is 23.4 Å². The zero-order valence-corrected chi connectivity index (χ0v) is 23.7. The van der Waals surface area contributed by atoms with Crippen molar-refractivity contribution in [2.45, 2.75) is 147 Å². The number of carbonyl (C=O) groups is 1. The van der Waals surface area contributed by atoms with Crippen molar-refractivity contribution in [2.24, 2.45) is 11.8 Å². The number of carbonyl (C=O) groups excluding carboxylic acids is 1. The summed E-state index contributed by atoms with van der Waals surface area (Å²) in [7, 11) is -1.58. The molecular weight excluding hydrogens is 444 g/mol. The smallest absolute Gasteiger partial charge is 0.309 e. The molecule has 5 nitrogen and oxygen atoms in total. The van der Waals surface area contributed by atoms with Crippen LogP contribution in [0.15, 0.2) is 0 Å².